The predicted molar refractivity (Wildman–Crippen MR) is 208 cm³/mol. The molecule has 8 heteroatoms. The van der Waals surface area contributed by atoms with Crippen LogP contribution in [-0.4, -0.2) is 115 Å². The zero-order valence-electron chi connectivity index (χ0n) is 35.6. The van der Waals surface area contributed by atoms with Crippen LogP contribution in [0.5, 0.6) is 0 Å². The number of morpholine rings is 1. The molecule has 14 atom stereocenters. The second-order valence-electron chi connectivity index (χ2n) is 22.9. The fourth-order valence-corrected chi connectivity index (χ4v) is 15.8. The second-order valence-corrected chi connectivity index (χ2v) is 22.9. The number of hydrogen-bond donors (Lipinski definition) is 2. The summed E-state index contributed by atoms with van der Waals surface area (Å²) in [6, 6.07) is 0. The Morgan fingerprint density at radius 3 is 2.28 bits per heavy atom. The average Bonchev–Trinajstić information content (AvgIpc) is 3.67. The van der Waals surface area contributed by atoms with Gasteiger partial charge in [-0.2, -0.15) is 0 Å². The zero-order chi connectivity index (χ0) is 38.1. The van der Waals surface area contributed by atoms with Gasteiger partial charge in [-0.25, -0.2) is 0 Å². The number of aliphatic hydroxyl groups excluding tert-OH is 1. The first-order valence-corrected chi connectivity index (χ1v) is 22.1. The molecule has 0 aromatic heterocycles. The molecule has 0 aromatic rings. The Labute approximate surface area is 322 Å². The first kappa shape index (κ1) is 39.5. The van der Waals surface area contributed by atoms with Crippen molar-refractivity contribution in [3.8, 4) is 0 Å². The first-order chi connectivity index (χ1) is 24.7. The molecule has 0 radical (unpaired) electrons. The van der Waals surface area contributed by atoms with Crippen LogP contribution in [0, 0.1) is 62.1 Å². The second kappa shape index (κ2) is 13.1. The van der Waals surface area contributed by atoms with Crippen molar-refractivity contribution in [3.63, 3.8) is 0 Å². The lowest BCUT2D eigenvalue weighted by Gasteiger charge is -2.64. The number of aliphatic hydroxyl groups is 2. The van der Waals surface area contributed by atoms with Gasteiger partial charge in [0.1, 0.15) is 6.10 Å². The van der Waals surface area contributed by atoms with Gasteiger partial charge in [-0.15, -0.1) is 0 Å². The van der Waals surface area contributed by atoms with E-state index in [4.69, 9.17) is 18.9 Å². The molecule has 8 nitrogen and oxygen atoms in total. The summed E-state index contributed by atoms with van der Waals surface area (Å²) in [4.78, 5) is 5.23. The summed E-state index contributed by atoms with van der Waals surface area (Å²) in [7, 11) is 0. The lowest BCUT2D eigenvalue weighted by molar-refractivity contribution is -0.249. The number of nitrogens with zero attached hydrogens (tertiary/aromatic N) is 2. The van der Waals surface area contributed by atoms with Crippen molar-refractivity contribution in [2.75, 3.05) is 52.5 Å². The summed E-state index contributed by atoms with van der Waals surface area (Å²) in [6.07, 6.45) is 8.15. The largest absolute Gasteiger partial charge is 0.390 e. The van der Waals surface area contributed by atoms with Gasteiger partial charge in [0.2, 0.25) is 0 Å². The van der Waals surface area contributed by atoms with Crippen LogP contribution < -0.4 is 0 Å². The molecule has 2 spiro atoms. The van der Waals surface area contributed by atoms with Crippen molar-refractivity contribution in [3.05, 3.63) is 0 Å². The summed E-state index contributed by atoms with van der Waals surface area (Å²) in [6.45, 7) is 33.1. The molecule has 8 fully saturated rings. The van der Waals surface area contributed by atoms with E-state index in [9.17, 15) is 10.2 Å². The summed E-state index contributed by atoms with van der Waals surface area (Å²) < 4.78 is 26.5. The van der Waals surface area contributed by atoms with Crippen LogP contribution in [0.3, 0.4) is 0 Å². The van der Waals surface area contributed by atoms with Gasteiger partial charge >= 0.3 is 0 Å². The van der Waals surface area contributed by atoms with Crippen molar-refractivity contribution in [2.24, 2.45) is 62.1 Å². The highest BCUT2D eigenvalue weighted by Crippen LogP contribution is 2.89. The van der Waals surface area contributed by atoms with E-state index in [-0.39, 0.29) is 40.8 Å². The third kappa shape index (κ3) is 6.01. The van der Waals surface area contributed by atoms with Crippen molar-refractivity contribution >= 4 is 0 Å². The average molecular weight is 743 g/mol. The maximum absolute atomic E-state index is 12.7. The minimum absolute atomic E-state index is 0.0221. The quantitative estimate of drug-likeness (QED) is 0.262. The molecule has 53 heavy (non-hydrogen) atoms. The molecule has 5 unspecified atom stereocenters. The van der Waals surface area contributed by atoms with Crippen LogP contribution in [0.15, 0.2) is 0 Å². The Hall–Kier alpha value is -0.320. The number of fused-ring (bicyclic) bond motifs is 4. The highest BCUT2D eigenvalue weighted by Gasteiger charge is 2.84. The SMILES string of the molecule is CCO[C@@H](C1C[C@@H](C)[C@H]2C(O1)[C@H](O)[C@@]1(C)C3CC[C@H]4C(C)(C)[C@@H](O[C@H]5CN(CC6CN(CC(C)(C)C)C6)CCO5)CCC45CC35CC[C@]21C)C(C)(C)O. The maximum atomic E-state index is 12.7. The summed E-state index contributed by atoms with van der Waals surface area (Å²) in [5.41, 5.74) is -0.0713. The fourth-order valence-electron chi connectivity index (χ4n) is 15.8. The van der Waals surface area contributed by atoms with Gasteiger partial charge in [-0.3, -0.25) is 4.90 Å². The summed E-state index contributed by atoms with van der Waals surface area (Å²) in [5, 5.41) is 23.8. The first-order valence-electron chi connectivity index (χ1n) is 22.1. The van der Waals surface area contributed by atoms with Crippen LogP contribution in [0.4, 0.5) is 0 Å². The molecule has 8 rings (SSSR count). The van der Waals surface area contributed by atoms with E-state index in [2.05, 4.69) is 65.2 Å². The standard InChI is InChI=1S/C45H78N2O6/c1-12-50-38(41(8,9)49)30-21-28(2)35-36(52-30)37(48)43(11)32-14-13-31-40(6,7)33(15-16-44(31)26-45(32,44)18-17-42(35,43)10)53-34-25-46(19-20-51-34)22-29-23-47(24-29)27-39(3,4)5/h28-38,48-49H,12-27H2,1-11H3/t28-,30?,31+,32?,33+,34+,35+,36?,37+,38+,42-,43-,44?,45?/m1/s1. The van der Waals surface area contributed by atoms with E-state index >= 15 is 0 Å². The third-order valence-electron chi connectivity index (χ3n) is 17.8. The Bertz CT molecular complexity index is 1350. The van der Waals surface area contributed by atoms with Crippen molar-refractivity contribution in [1.82, 2.24) is 9.80 Å². The number of hydrogen-bond acceptors (Lipinski definition) is 8. The number of likely N-dealkylation sites (tertiary alicyclic amines) is 1. The molecule has 0 amide bonds. The Morgan fingerprint density at radius 2 is 1.60 bits per heavy atom. The van der Waals surface area contributed by atoms with Crippen LogP contribution in [0.25, 0.3) is 0 Å². The maximum Gasteiger partial charge on any atom is 0.170 e. The third-order valence-corrected chi connectivity index (χ3v) is 17.8. The molecule has 3 aliphatic heterocycles. The monoisotopic (exact) mass is 743 g/mol. The van der Waals surface area contributed by atoms with Crippen molar-refractivity contribution in [2.45, 2.75) is 170 Å². The summed E-state index contributed by atoms with van der Waals surface area (Å²) in [5.74, 6) is 2.62. The van der Waals surface area contributed by atoms with E-state index in [0.717, 1.165) is 45.0 Å². The molecule has 0 bridgehead atoms. The van der Waals surface area contributed by atoms with E-state index < -0.39 is 17.8 Å². The highest BCUT2D eigenvalue weighted by atomic mass is 16.7. The van der Waals surface area contributed by atoms with Gasteiger partial charge in [-0.1, -0.05) is 55.4 Å². The molecular formula is C45H78N2O6. The van der Waals surface area contributed by atoms with Gasteiger partial charge in [0, 0.05) is 51.3 Å². The van der Waals surface area contributed by atoms with Crippen LogP contribution in [0.2, 0.25) is 0 Å². The normalized spacial score (nSPS) is 49.2. The number of ether oxygens (including phenoxy) is 4. The zero-order valence-corrected chi connectivity index (χ0v) is 35.6. The molecule has 0 aromatic carbocycles. The number of rotatable bonds is 9. The van der Waals surface area contributed by atoms with Crippen LogP contribution >= 0.6 is 0 Å². The molecular weight excluding hydrogens is 665 g/mol. The van der Waals surface area contributed by atoms with E-state index in [1.807, 2.05) is 20.8 Å². The van der Waals surface area contributed by atoms with Gasteiger partial charge in [0.05, 0.1) is 36.6 Å². The highest BCUT2D eigenvalue weighted by molar-refractivity contribution is 5.33. The molecule has 5 saturated carbocycles. The smallest absolute Gasteiger partial charge is 0.170 e. The Morgan fingerprint density at radius 1 is 0.906 bits per heavy atom. The van der Waals surface area contributed by atoms with Gasteiger partial charge in [0.15, 0.2) is 6.29 Å². The minimum Gasteiger partial charge on any atom is -0.390 e. The Kier molecular flexibility index (Phi) is 9.76. The predicted octanol–water partition coefficient (Wildman–Crippen LogP) is 7.00. The molecule has 304 valence electrons. The van der Waals surface area contributed by atoms with Gasteiger partial charge in [-0.05, 0) is 129 Å². The van der Waals surface area contributed by atoms with E-state index in [1.165, 1.54) is 58.2 Å². The topological polar surface area (TPSA) is 83.9 Å². The Balaban J connectivity index is 0.947. The van der Waals surface area contributed by atoms with Gasteiger partial charge < -0.3 is 34.1 Å². The van der Waals surface area contributed by atoms with Crippen molar-refractivity contribution in [1.29, 1.82) is 0 Å². The minimum atomic E-state index is -1.01. The molecule has 8 aliphatic rings. The molecule has 3 saturated heterocycles. The summed E-state index contributed by atoms with van der Waals surface area (Å²) >= 11 is 0. The fraction of sp³-hybridized carbons (Fsp3) is 1.00. The van der Waals surface area contributed by atoms with E-state index in [0.29, 0.717) is 46.5 Å². The van der Waals surface area contributed by atoms with Crippen LogP contribution in [-0.2, 0) is 18.9 Å². The van der Waals surface area contributed by atoms with E-state index in [1.54, 1.807) is 0 Å². The van der Waals surface area contributed by atoms with Crippen molar-refractivity contribution < 1.29 is 29.2 Å². The van der Waals surface area contributed by atoms with Gasteiger partial charge in [0.25, 0.3) is 0 Å². The van der Waals surface area contributed by atoms with Crippen LogP contribution in [0.1, 0.15) is 128 Å². The molecule has 3 heterocycles. The molecule has 5 aliphatic carbocycles. The lowest BCUT2D eigenvalue weighted by atomic mass is 9.41. The molecule has 2 N–H and O–H groups in total. The lowest BCUT2D eigenvalue weighted by Crippen LogP contribution is -2.60.